The van der Waals surface area contributed by atoms with Gasteiger partial charge in [0.25, 0.3) is 5.91 Å². The lowest BCUT2D eigenvalue weighted by Crippen LogP contribution is -2.46. The predicted molar refractivity (Wildman–Crippen MR) is 71.9 cm³/mol. The Hall–Kier alpha value is -1.49. The number of amides is 1. The standard InChI is InChI=1S/C12H17N3OS/c1-7(2)10(11(13)17)15-12(16)9-4-5-14-8(3)6-9/h4-7,10H,1-3H3,(H2,13,17)(H,15,16). The molecule has 1 aromatic rings. The Morgan fingerprint density at radius 3 is 2.65 bits per heavy atom. The Labute approximate surface area is 107 Å². The topological polar surface area (TPSA) is 68.0 Å². The number of pyridine rings is 1. The van der Waals surface area contributed by atoms with Crippen molar-refractivity contribution < 1.29 is 4.79 Å². The summed E-state index contributed by atoms with van der Waals surface area (Å²) in [6.07, 6.45) is 1.61. The van der Waals surface area contributed by atoms with Gasteiger partial charge < -0.3 is 11.1 Å². The van der Waals surface area contributed by atoms with Crippen LogP contribution in [0.3, 0.4) is 0 Å². The van der Waals surface area contributed by atoms with E-state index in [1.165, 1.54) is 0 Å². The van der Waals surface area contributed by atoms with Crippen LogP contribution in [-0.4, -0.2) is 21.9 Å². The highest BCUT2D eigenvalue weighted by atomic mass is 32.1. The molecular formula is C12H17N3OS. The number of aryl methyl sites for hydroxylation is 1. The SMILES string of the molecule is Cc1cc(C(=O)NC(C(N)=S)C(C)C)ccn1. The highest BCUT2D eigenvalue weighted by molar-refractivity contribution is 7.80. The zero-order chi connectivity index (χ0) is 13.0. The normalized spacial score (nSPS) is 12.2. The van der Waals surface area contributed by atoms with Gasteiger partial charge in [0.2, 0.25) is 0 Å². The average Bonchev–Trinajstić information content (AvgIpc) is 2.24. The summed E-state index contributed by atoms with van der Waals surface area (Å²) < 4.78 is 0. The first-order chi connectivity index (χ1) is 7.91. The Balaban J connectivity index is 2.81. The summed E-state index contributed by atoms with van der Waals surface area (Å²) in [4.78, 5) is 16.3. The molecule has 0 bridgehead atoms. The van der Waals surface area contributed by atoms with Gasteiger partial charge in [0.05, 0.1) is 11.0 Å². The third kappa shape index (κ3) is 3.78. The lowest BCUT2D eigenvalue weighted by molar-refractivity contribution is 0.0939. The molecule has 0 radical (unpaired) electrons. The third-order valence-corrected chi connectivity index (χ3v) is 2.67. The van der Waals surface area contributed by atoms with E-state index in [-0.39, 0.29) is 17.9 Å². The lowest BCUT2D eigenvalue weighted by Gasteiger charge is -2.21. The minimum Gasteiger partial charge on any atom is -0.392 e. The number of thiocarbonyl (C=S) groups is 1. The van der Waals surface area contributed by atoms with Crippen molar-refractivity contribution in [3.8, 4) is 0 Å². The molecular weight excluding hydrogens is 234 g/mol. The number of hydrogen-bond acceptors (Lipinski definition) is 3. The van der Waals surface area contributed by atoms with Gasteiger partial charge in [-0.25, -0.2) is 0 Å². The molecule has 0 fully saturated rings. The molecule has 1 unspecified atom stereocenters. The van der Waals surface area contributed by atoms with Crippen LogP contribution in [0.2, 0.25) is 0 Å². The smallest absolute Gasteiger partial charge is 0.251 e. The monoisotopic (exact) mass is 251 g/mol. The minimum absolute atomic E-state index is 0.166. The largest absolute Gasteiger partial charge is 0.392 e. The van der Waals surface area contributed by atoms with E-state index >= 15 is 0 Å². The fourth-order valence-corrected chi connectivity index (χ4v) is 1.81. The maximum absolute atomic E-state index is 12.0. The van der Waals surface area contributed by atoms with Crippen molar-refractivity contribution in [1.29, 1.82) is 0 Å². The molecule has 0 saturated heterocycles. The van der Waals surface area contributed by atoms with Crippen LogP contribution in [-0.2, 0) is 0 Å². The van der Waals surface area contributed by atoms with Gasteiger partial charge in [-0.2, -0.15) is 0 Å². The maximum Gasteiger partial charge on any atom is 0.251 e. The lowest BCUT2D eigenvalue weighted by atomic mass is 10.0. The van der Waals surface area contributed by atoms with E-state index in [0.29, 0.717) is 10.6 Å². The molecule has 0 aliphatic heterocycles. The number of rotatable bonds is 4. The highest BCUT2D eigenvalue weighted by Gasteiger charge is 2.19. The van der Waals surface area contributed by atoms with Gasteiger partial charge in [0, 0.05) is 17.5 Å². The molecule has 5 heteroatoms. The molecule has 1 amide bonds. The molecule has 1 heterocycles. The van der Waals surface area contributed by atoms with Crippen molar-refractivity contribution in [2.24, 2.45) is 11.7 Å². The second kappa shape index (κ2) is 5.72. The average molecular weight is 251 g/mol. The summed E-state index contributed by atoms with van der Waals surface area (Å²) in [5.74, 6) is -0.0126. The Bertz CT molecular complexity index is 432. The Morgan fingerprint density at radius 1 is 1.53 bits per heavy atom. The quantitative estimate of drug-likeness (QED) is 0.794. The van der Waals surface area contributed by atoms with Crippen LogP contribution in [0, 0.1) is 12.8 Å². The third-order valence-electron chi connectivity index (χ3n) is 2.42. The van der Waals surface area contributed by atoms with Gasteiger partial charge >= 0.3 is 0 Å². The summed E-state index contributed by atoms with van der Waals surface area (Å²) in [7, 11) is 0. The summed E-state index contributed by atoms with van der Waals surface area (Å²) in [5, 5.41) is 2.83. The summed E-state index contributed by atoms with van der Waals surface area (Å²) in [5.41, 5.74) is 6.97. The number of nitrogens with one attached hydrogen (secondary N) is 1. The molecule has 17 heavy (non-hydrogen) atoms. The number of carbonyl (C=O) groups excluding carboxylic acids is 1. The zero-order valence-electron chi connectivity index (χ0n) is 10.2. The van der Waals surface area contributed by atoms with Gasteiger partial charge in [-0.3, -0.25) is 9.78 Å². The van der Waals surface area contributed by atoms with Gasteiger partial charge in [-0.15, -0.1) is 0 Å². The van der Waals surface area contributed by atoms with E-state index in [9.17, 15) is 4.79 Å². The van der Waals surface area contributed by atoms with Crippen molar-refractivity contribution in [3.05, 3.63) is 29.6 Å². The van der Waals surface area contributed by atoms with E-state index < -0.39 is 0 Å². The molecule has 0 aromatic carbocycles. The van der Waals surface area contributed by atoms with Crippen LogP contribution in [0.5, 0.6) is 0 Å². The van der Waals surface area contributed by atoms with E-state index in [1.807, 2.05) is 20.8 Å². The number of carbonyl (C=O) groups is 1. The van der Waals surface area contributed by atoms with Crippen LogP contribution in [0.25, 0.3) is 0 Å². The Morgan fingerprint density at radius 2 is 2.18 bits per heavy atom. The molecule has 0 spiro atoms. The molecule has 3 N–H and O–H groups in total. The van der Waals surface area contributed by atoms with Crippen molar-refractivity contribution in [1.82, 2.24) is 10.3 Å². The Kier molecular flexibility index (Phi) is 4.57. The first-order valence-electron chi connectivity index (χ1n) is 5.44. The molecule has 1 atom stereocenters. The van der Waals surface area contributed by atoms with Crippen molar-refractivity contribution in [3.63, 3.8) is 0 Å². The summed E-state index contributed by atoms with van der Waals surface area (Å²) in [6, 6.07) is 3.11. The van der Waals surface area contributed by atoms with Gasteiger partial charge in [0.1, 0.15) is 0 Å². The second-order valence-corrected chi connectivity index (χ2v) is 4.75. The van der Waals surface area contributed by atoms with Crippen LogP contribution in [0.4, 0.5) is 0 Å². The van der Waals surface area contributed by atoms with Gasteiger partial charge in [0.15, 0.2) is 0 Å². The first-order valence-corrected chi connectivity index (χ1v) is 5.85. The number of nitrogens with zero attached hydrogens (tertiary/aromatic N) is 1. The number of hydrogen-bond donors (Lipinski definition) is 2. The molecule has 92 valence electrons. The second-order valence-electron chi connectivity index (χ2n) is 4.28. The number of aromatic nitrogens is 1. The van der Waals surface area contributed by atoms with E-state index in [1.54, 1.807) is 18.3 Å². The molecule has 0 aliphatic carbocycles. The van der Waals surface area contributed by atoms with Crippen LogP contribution in [0.15, 0.2) is 18.3 Å². The zero-order valence-corrected chi connectivity index (χ0v) is 11.0. The minimum atomic E-state index is -0.286. The molecule has 0 aliphatic rings. The van der Waals surface area contributed by atoms with Crippen LogP contribution in [0.1, 0.15) is 29.9 Å². The first kappa shape index (κ1) is 13.6. The predicted octanol–water partition coefficient (Wildman–Crippen LogP) is 1.43. The van der Waals surface area contributed by atoms with Gasteiger partial charge in [-0.05, 0) is 25.0 Å². The van der Waals surface area contributed by atoms with Gasteiger partial charge in [-0.1, -0.05) is 26.1 Å². The molecule has 4 nitrogen and oxygen atoms in total. The fourth-order valence-electron chi connectivity index (χ4n) is 1.48. The van der Waals surface area contributed by atoms with Crippen molar-refractivity contribution in [2.45, 2.75) is 26.8 Å². The molecule has 1 aromatic heterocycles. The van der Waals surface area contributed by atoms with Crippen LogP contribution >= 0.6 is 12.2 Å². The summed E-state index contributed by atoms with van der Waals surface area (Å²) in [6.45, 7) is 5.76. The highest BCUT2D eigenvalue weighted by Crippen LogP contribution is 2.05. The van der Waals surface area contributed by atoms with E-state index in [0.717, 1.165) is 5.69 Å². The maximum atomic E-state index is 12.0. The fraction of sp³-hybridized carbons (Fsp3) is 0.417. The van der Waals surface area contributed by atoms with Crippen molar-refractivity contribution in [2.75, 3.05) is 0 Å². The van der Waals surface area contributed by atoms with E-state index in [4.69, 9.17) is 18.0 Å². The number of nitrogens with two attached hydrogens (primary N) is 1. The van der Waals surface area contributed by atoms with E-state index in [2.05, 4.69) is 10.3 Å². The summed E-state index contributed by atoms with van der Waals surface area (Å²) >= 11 is 4.94. The van der Waals surface area contributed by atoms with Crippen LogP contribution < -0.4 is 11.1 Å². The molecule has 1 rings (SSSR count). The molecule has 0 saturated carbocycles. The van der Waals surface area contributed by atoms with Crippen molar-refractivity contribution >= 4 is 23.1 Å².